The molecule has 30 heavy (non-hydrogen) atoms. The van der Waals surface area contributed by atoms with Crippen molar-refractivity contribution in [1.29, 1.82) is 0 Å². The van der Waals surface area contributed by atoms with Gasteiger partial charge in [-0.05, 0) is 58.0 Å². The van der Waals surface area contributed by atoms with Crippen LogP contribution in [0.4, 0.5) is 11.4 Å². The van der Waals surface area contributed by atoms with Gasteiger partial charge in [0.25, 0.3) is 5.91 Å². The van der Waals surface area contributed by atoms with Crippen LogP contribution in [0.2, 0.25) is 0 Å². The number of hydrogen-bond acceptors (Lipinski definition) is 5. The van der Waals surface area contributed by atoms with Gasteiger partial charge >= 0.3 is 7.12 Å². The maximum Gasteiger partial charge on any atom is 0.498 e. The van der Waals surface area contributed by atoms with E-state index in [9.17, 15) is 4.79 Å². The molecule has 2 heterocycles. The number of hydrogen-bond donors (Lipinski definition) is 1. The zero-order valence-electron chi connectivity index (χ0n) is 18.5. The summed E-state index contributed by atoms with van der Waals surface area (Å²) in [4.78, 5) is 14.8. The van der Waals surface area contributed by atoms with Crippen molar-refractivity contribution in [3.63, 3.8) is 0 Å². The van der Waals surface area contributed by atoms with E-state index in [1.807, 2.05) is 83.1 Å². The fourth-order valence-electron chi connectivity index (χ4n) is 3.70. The molecular weight excluding hydrogens is 379 g/mol. The van der Waals surface area contributed by atoms with Crippen LogP contribution in [-0.2, 0) is 15.7 Å². The SMILES string of the molecule is CN(C)c1ccc(C(=O)Nc2ccc(B3OC(C)(C)C(C)(C)O3)c3c2CCO3)cc1. The Morgan fingerprint density at radius 2 is 1.63 bits per heavy atom. The summed E-state index contributed by atoms with van der Waals surface area (Å²) in [5.41, 5.74) is 3.44. The summed E-state index contributed by atoms with van der Waals surface area (Å²) in [6.45, 7) is 8.70. The number of carbonyl (C=O) groups excluding carboxylic acids is 1. The molecule has 1 fully saturated rings. The van der Waals surface area contributed by atoms with Crippen molar-refractivity contribution in [3.05, 3.63) is 47.5 Å². The van der Waals surface area contributed by atoms with E-state index in [0.29, 0.717) is 12.2 Å². The lowest BCUT2D eigenvalue weighted by Crippen LogP contribution is -2.41. The van der Waals surface area contributed by atoms with Gasteiger partial charge < -0.3 is 24.3 Å². The maximum atomic E-state index is 12.8. The van der Waals surface area contributed by atoms with Crippen molar-refractivity contribution in [1.82, 2.24) is 0 Å². The van der Waals surface area contributed by atoms with Crippen LogP contribution in [0.25, 0.3) is 0 Å². The molecule has 0 atom stereocenters. The van der Waals surface area contributed by atoms with Crippen LogP contribution in [0, 0.1) is 0 Å². The van der Waals surface area contributed by atoms with E-state index in [4.69, 9.17) is 14.0 Å². The highest BCUT2D eigenvalue weighted by Crippen LogP contribution is 2.39. The number of carbonyl (C=O) groups is 1. The van der Waals surface area contributed by atoms with Crippen molar-refractivity contribution < 1.29 is 18.8 Å². The lowest BCUT2D eigenvalue weighted by Gasteiger charge is -2.32. The normalized spacial score (nSPS) is 18.7. The van der Waals surface area contributed by atoms with Gasteiger partial charge in [-0.1, -0.05) is 6.07 Å². The second-order valence-electron chi connectivity index (χ2n) is 9.09. The summed E-state index contributed by atoms with van der Waals surface area (Å²) in [5, 5.41) is 3.04. The molecule has 1 N–H and O–H groups in total. The van der Waals surface area contributed by atoms with Gasteiger partial charge in [-0.3, -0.25) is 4.79 Å². The molecule has 2 aromatic carbocycles. The number of amides is 1. The van der Waals surface area contributed by atoms with Gasteiger partial charge in [-0.2, -0.15) is 0 Å². The third-order valence-electron chi connectivity index (χ3n) is 6.29. The monoisotopic (exact) mass is 408 g/mol. The van der Waals surface area contributed by atoms with E-state index in [1.165, 1.54) is 0 Å². The molecule has 0 aliphatic carbocycles. The Morgan fingerprint density at radius 3 is 2.23 bits per heavy atom. The van der Waals surface area contributed by atoms with Gasteiger partial charge in [0.1, 0.15) is 5.75 Å². The Labute approximate surface area is 178 Å². The van der Waals surface area contributed by atoms with Crippen molar-refractivity contribution in [2.45, 2.75) is 45.3 Å². The second-order valence-corrected chi connectivity index (χ2v) is 9.09. The molecule has 158 valence electrons. The van der Waals surface area contributed by atoms with Gasteiger partial charge in [0.05, 0.1) is 17.8 Å². The van der Waals surface area contributed by atoms with Crippen LogP contribution in [0.15, 0.2) is 36.4 Å². The molecule has 0 aromatic heterocycles. The molecule has 4 rings (SSSR count). The van der Waals surface area contributed by atoms with Crippen LogP contribution < -0.4 is 20.4 Å². The third kappa shape index (κ3) is 3.57. The summed E-state index contributed by atoms with van der Waals surface area (Å²) in [7, 11) is 3.45. The number of fused-ring (bicyclic) bond motifs is 1. The number of anilines is 2. The molecule has 6 nitrogen and oxygen atoms in total. The fraction of sp³-hybridized carbons (Fsp3) is 0.435. The first-order valence-electron chi connectivity index (χ1n) is 10.3. The van der Waals surface area contributed by atoms with Crippen LogP contribution in [0.1, 0.15) is 43.6 Å². The van der Waals surface area contributed by atoms with Crippen LogP contribution in [0.3, 0.4) is 0 Å². The molecule has 1 saturated heterocycles. The standard InChI is InChI=1S/C23H29BN2O4/c1-22(2)23(3,4)30-24(29-22)18-11-12-19(17-13-14-28-20(17)18)25-21(27)15-7-9-16(10-8-15)26(5)6/h7-12H,13-14H2,1-6H3,(H,25,27). The molecule has 0 spiro atoms. The Hall–Kier alpha value is -2.51. The third-order valence-corrected chi connectivity index (χ3v) is 6.29. The minimum absolute atomic E-state index is 0.141. The zero-order valence-corrected chi connectivity index (χ0v) is 18.5. The van der Waals surface area contributed by atoms with Gasteiger partial charge in [0.2, 0.25) is 0 Å². The first kappa shape index (κ1) is 20.8. The quantitative estimate of drug-likeness (QED) is 0.788. The lowest BCUT2D eigenvalue weighted by molar-refractivity contribution is 0.00578. The lowest BCUT2D eigenvalue weighted by atomic mass is 9.77. The van der Waals surface area contributed by atoms with E-state index >= 15 is 0 Å². The number of nitrogens with zero attached hydrogens (tertiary/aromatic N) is 1. The maximum absolute atomic E-state index is 12.8. The molecule has 0 unspecified atom stereocenters. The Balaban J connectivity index is 1.58. The van der Waals surface area contributed by atoms with E-state index in [-0.39, 0.29) is 5.91 Å². The van der Waals surface area contributed by atoms with Gasteiger partial charge in [0.15, 0.2) is 0 Å². The molecule has 0 saturated carbocycles. The highest BCUT2D eigenvalue weighted by atomic mass is 16.7. The fourth-order valence-corrected chi connectivity index (χ4v) is 3.70. The largest absolute Gasteiger partial charge is 0.498 e. The summed E-state index contributed by atoms with van der Waals surface area (Å²) < 4.78 is 18.3. The highest BCUT2D eigenvalue weighted by molar-refractivity contribution is 6.63. The minimum Gasteiger partial charge on any atom is -0.493 e. The number of ether oxygens (including phenoxy) is 1. The van der Waals surface area contributed by atoms with Crippen molar-refractivity contribution in [2.75, 3.05) is 30.9 Å². The molecule has 2 aliphatic heterocycles. The summed E-state index contributed by atoms with van der Waals surface area (Å²) >= 11 is 0. The molecule has 2 aliphatic rings. The molecular formula is C23H29BN2O4. The Kier molecular flexibility index (Phi) is 5.07. The molecule has 0 bridgehead atoms. The van der Waals surface area contributed by atoms with Crippen LogP contribution in [-0.4, -0.2) is 44.9 Å². The first-order valence-corrected chi connectivity index (χ1v) is 10.3. The van der Waals surface area contributed by atoms with Crippen LogP contribution >= 0.6 is 0 Å². The number of nitrogens with one attached hydrogen (secondary N) is 1. The Morgan fingerprint density at radius 1 is 1.00 bits per heavy atom. The van der Waals surface area contributed by atoms with Crippen LogP contribution in [0.5, 0.6) is 5.75 Å². The van der Waals surface area contributed by atoms with Gasteiger partial charge in [0, 0.05) is 48.5 Å². The summed E-state index contributed by atoms with van der Waals surface area (Å²) in [5.74, 6) is 0.618. The average Bonchev–Trinajstić information content (AvgIpc) is 3.24. The molecule has 7 heteroatoms. The van der Waals surface area contributed by atoms with E-state index < -0.39 is 18.3 Å². The topological polar surface area (TPSA) is 60.0 Å². The van der Waals surface area contributed by atoms with E-state index in [1.54, 1.807) is 0 Å². The zero-order chi connectivity index (χ0) is 21.7. The van der Waals surface area contributed by atoms with Crippen molar-refractivity contribution in [2.24, 2.45) is 0 Å². The Bertz CT molecular complexity index is 954. The number of rotatable bonds is 4. The smallest absolute Gasteiger partial charge is 0.493 e. The van der Waals surface area contributed by atoms with Crippen molar-refractivity contribution >= 4 is 29.9 Å². The average molecular weight is 408 g/mol. The van der Waals surface area contributed by atoms with Gasteiger partial charge in [-0.25, -0.2) is 0 Å². The van der Waals surface area contributed by atoms with E-state index in [2.05, 4.69) is 5.32 Å². The molecule has 1 amide bonds. The van der Waals surface area contributed by atoms with E-state index in [0.717, 1.165) is 34.6 Å². The van der Waals surface area contributed by atoms with Crippen molar-refractivity contribution in [3.8, 4) is 5.75 Å². The predicted octanol–water partition coefficient (Wildman–Crippen LogP) is 3.24. The number of benzene rings is 2. The minimum atomic E-state index is -0.495. The second kappa shape index (κ2) is 7.32. The predicted molar refractivity (Wildman–Crippen MR) is 120 cm³/mol. The highest BCUT2D eigenvalue weighted by Gasteiger charge is 2.53. The van der Waals surface area contributed by atoms with Gasteiger partial charge in [-0.15, -0.1) is 0 Å². The molecule has 0 radical (unpaired) electrons. The summed E-state index contributed by atoms with van der Waals surface area (Å²) in [6.07, 6.45) is 0.734. The molecule has 2 aromatic rings. The first-order chi connectivity index (χ1) is 14.1. The summed E-state index contributed by atoms with van der Waals surface area (Å²) in [6, 6.07) is 11.4.